The molecular weight excluding hydrogens is 629 g/mol. The zero-order valence-corrected chi connectivity index (χ0v) is 28.4. The van der Waals surface area contributed by atoms with Crippen molar-refractivity contribution in [3.8, 4) is 44.8 Å². The van der Waals surface area contributed by atoms with Crippen LogP contribution in [-0.4, -0.2) is 9.13 Å². The zero-order valence-electron chi connectivity index (χ0n) is 28.4. The van der Waals surface area contributed by atoms with Gasteiger partial charge >= 0.3 is 0 Å². The topological polar surface area (TPSA) is 9.86 Å². The number of nitrogens with zero attached hydrogens (tertiary/aromatic N) is 2. The number of hydrogen-bond donors (Lipinski definition) is 0. The molecule has 0 unspecified atom stereocenters. The Labute approximate surface area is 301 Å². The maximum Gasteiger partial charge on any atom is 0.0626 e. The molecule has 0 amide bonds. The standard InChI is InChI=1S/C50H32N2/c1-32-39-21-11-12-22-41(39)47-40(32)25-26-43-49-46(52(50(43)47)37-19-9-4-10-20-37)28-27-45-48(49)42-23-13-14-24-44(42)51(45)38-30-35(33-15-5-2-6-16-33)29-36(31-38)34-17-7-3-8-18-34/h2-31H,1H2. The van der Waals surface area contributed by atoms with E-state index in [0.717, 1.165) is 16.9 Å². The molecule has 52 heavy (non-hydrogen) atoms. The summed E-state index contributed by atoms with van der Waals surface area (Å²) in [5, 5.41) is 5.03. The van der Waals surface area contributed by atoms with E-state index in [1.165, 1.54) is 88.1 Å². The fourth-order valence-electron chi connectivity index (χ4n) is 8.75. The molecule has 1 aliphatic carbocycles. The highest BCUT2D eigenvalue weighted by molar-refractivity contribution is 6.31. The highest BCUT2D eigenvalue weighted by Crippen LogP contribution is 2.51. The van der Waals surface area contributed by atoms with E-state index in [4.69, 9.17) is 0 Å². The van der Waals surface area contributed by atoms with E-state index < -0.39 is 0 Å². The number of aromatic nitrogens is 2. The van der Waals surface area contributed by atoms with Gasteiger partial charge < -0.3 is 9.13 Å². The minimum atomic E-state index is 1.09. The van der Waals surface area contributed by atoms with Crippen molar-refractivity contribution in [1.82, 2.24) is 9.13 Å². The molecule has 11 rings (SSSR count). The lowest BCUT2D eigenvalue weighted by Crippen LogP contribution is -1.97. The third kappa shape index (κ3) is 4.06. The second-order valence-corrected chi connectivity index (χ2v) is 13.8. The molecule has 0 radical (unpaired) electrons. The van der Waals surface area contributed by atoms with Crippen molar-refractivity contribution in [3.63, 3.8) is 0 Å². The lowest BCUT2D eigenvalue weighted by Gasteiger charge is -2.14. The maximum absolute atomic E-state index is 4.57. The Morgan fingerprint density at radius 1 is 0.346 bits per heavy atom. The summed E-state index contributed by atoms with van der Waals surface area (Å²) in [6.45, 7) is 4.57. The summed E-state index contributed by atoms with van der Waals surface area (Å²) in [5.41, 5.74) is 17.9. The van der Waals surface area contributed by atoms with Gasteiger partial charge in [0.05, 0.1) is 22.1 Å². The van der Waals surface area contributed by atoms with Gasteiger partial charge in [-0.2, -0.15) is 0 Å². The van der Waals surface area contributed by atoms with Crippen molar-refractivity contribution in [2.45, 2.75) is 0 Å². The number of hydrogen-bond acceptors (Lipinski definition) is 0. The molecule has 0 saturated carbocycles. The molecule has 2 aromatic heterocycles. The Morgan fingerprint density at radius 2 is 0.904 bits per heavy atom. The zero-order chi connectivity index (χ0) is 34.3. The third-order valence-electron chi connectivity index (χ3n) is 11.0. The van der Waals surface area contributed by atoms with Crippen molar-refractivity contribution < 1.29 is 0 Å². The first-order valence-corrected chi connectivity index (χ1v) is 17.9. The summed E-state index contributed by atoms with van der Waals surface area (Å²) >= 11 is 0. The van der Waals surface area contributed by atoms with Gasteiger partial charge in [-0.3, -0.25) is 0 Å². The average Bonchev–Trinajstić information content (AvgIpc) is 3.84. The molecule has 0 atom stereocenters. The van der Waals surface area contributed by atoms with E-state index in [0.29, 0.717) is 0 Å². The summed E-state index contributed by atoms with van der Waals surface area (Å²) in [5.74, 6) is 0. The average molecular weight is 661 g/mol. The number of rotatable bonds is 4. The molecule has 1 aliphatic rings. The smallest absolute Gasteiger partial charge is 0.0626 e. The lowest BCUT2D eigenvalue weighted by molar-refractivity contribution is 1.17. The van der Waals surface area contributed by atoms with Crippen LogP contribution < -0.4 is 0 Å². The quantitative estimate of drug-likeness (QED) is 0.178. The van der Waals surface area contributed by atoms with Crippen LogP contribution >= 0.6 is 0 Å². The van der Waals surface area contributed by atoms with Crippen molar-refractivity contribution >= 4 is 49.2 Å². The summed E-state index contributed by atoms with van der Waals surface area (Å²) in [7, 11) is 0. The normalized spacial score (nSPS) is 12.3. The third-order valence-corrected chi connectivity index (χ3v) is 11.0. The van der Waals surface area contributed by atoms with Crippen LogP contribution in [0.15, 0.2) is 189 Å². The first-order chi connectivity index (χ1) is 25.7. The Kier molecular flexibility index (Phi) is 6.14. The van der Waals surface area contributed by atoms with Gasteiger partial charge in [-0.1, -0.05) is 140 Å². The fraction of sp³-hybridized carbons (Fsp3) is 0. The first-order valence-electron chi connectivity index (χ1n) is 17.9. The van der Waals surface area contributed by atoms with E-state index in [-0.39, 0.29) is 0 Å². The van der Waals surface area contributed by atoms with Crippen molar-refractivity contribution in [1.29, 1.82) is 0 Å². The Balaban J connectivity index is 1.29. The van der Waals surface area contributed by atoms with Crippen LogP contribution in [0.5, 0.6) is 0 Å². The van der Waals surface area contributed by atoms with Crippen LogP contribution in [0.1, 0.15) is 11.1 Å². The summed E-state index contributed by atoms with van der Waals surface area (Å²) in [6, 6.07) is 66.2. The molecule has 8 aromatic carbocycles. The van der Waals surface area contributed by atoms with Gasteiger partial charge in [-0.25, -0.2) is 0 Å². The van der Waals surface area contributed by atoms with Gasteiger partial charge in [-0.15, -0.1) is 0 Å². The first kappa shape index (κ1) is 28.9. The minimum absolute atomic E-state index is 1.09. The van der Waals surface area contributed by atoms with Crippen molar-refractivity contribution in [2.75, 3.05) is 0 Å². The Bertz CT molecular complexity index is 3000. The van der Waals surface area contributed by atoms with Crippen LogP contribution in [0.2, 0.25) is 0 Å². The van der Waals surface area contributed by atoms with E-state index in [2.05, 4.69) is 198 Å². The van der Waals surface area contributed by atoms with Crippen LogP contribution in [0.4, 0.5) is 0 Å². The number of fused-ring (bicyclic) bond motifs is 11. The number of para-hydroxylation sites is 2. The maximum atomic E-state index is 4.57. The van der Waals surface area contributed by atoms with E-state index in [1.54, 1.807) is 0 Å². The van der Waals surface area contributed by atoms with Crippen molar-refractivity contribution in [2.24, 2.45) is 0 Å². The van der Waals surface area contributed by atoms with Gasteiger partial charge in [0.2, 0.25) is 0 Å². The highest BCUT2D eigenvalue weighted by atomic mass is 15.0. The molecule has 10 aromatic rings. The van der Waals surface area contributed by atoms with Crippen LogP contribution in [-0.2, 0) is 0 Å². The van der Waals surface area contributed by atoms with E-state index >= 15 is 0 Å². The number of benzene rings is 8. The van der Waals surface area contributed by atoms with Gasteiger partial charge in [0, 0.05) is 38.5 Å². The molecule has 0 spiro atoms. The van der Waals surface area contributed by atoms with Gasteiger partial charge in [0.1, 0.15) is 0 Å². The predicted molar refractivity (Wildman–Crippen MR) is 220 cm³/mol. The van der Waals surface area contributed by atoms with E-state index in [9.17, 15) is 0 Å². The second kappa shape index (κ2) is 11.1. The molecule has 0 fully saturated rings. The molecule has 242 valence electrons. The van der Waals surface area contributed by atoms with Gasteiger partial charge in [0.25, 0.3) is 0 Å². The molecule has 2 heteroatoms. The Morgan fingerprint density at radius 3 is 1.60 bits per heavy atom. The minimum Gasteiger partial charge on any atom is -0.309 e. The van der Waals surface area contributed by atoms with E-state index in [1.807, 2.05) is 0 Å². The lowest BCUT2D eigenvalue weighted by atomic mass is 9.98. The molecule has 0 bridgehead atoms. The second-order valence-electron chi connectivity index (χ2n) is 13.8. The highest BCUT2D eigenvalue weighted by Gasteiger charge is 2.29. The summed E-state index contributed by atoms with van der Waals surface area (Å²) in [6.07, 6.45) is 0. The summed E-state index contributed by atoms with van der Waals surface area (Å²) < 4.78 is 4.95. The largest absolute Gasteiger partial charge is 0.309 e. The Hall–Kier alpha value is -6.90. The molecular formula is C50H32N2. The molecule has 0 N–H and O–H groups in total. The van der Waals surface area contributed by atoms with Crippen LogP contribution in [0.25, 0.3) is 93.9 Å². The predicted octanol–water partition coefficient (Wildman–Crippen LogP) is 13.3. The molecule has 2 nitrogen and oxygen atoms in total. The molecule has 2 heterocycles. The molecule has 0 aliphatic heterocycles. The summed E-state index contributed by atoms with van der Waals surface area (Å²) in [4.78, 5) is 0. The monoisotopic (exact) mass is 660 g/mol. The SMILES string of the molecule is C=C1c2ccccc2-c2c1ccc1c3c4c5ccccc5n(-c5cc(-c6ccccc6)cc(-c6ccccc6)c5)c4ccc3n(-c3ccccc3)c21. The molecule has 0 saturated heterocycles. The van der Waals surface area contributed by atoms with Gasteiger partial charge in [-0.05, 0) is 93.0 Å². The fourth-order valence-corrected chi connectivity index (χ4v) is 8.75. The van der Waals surface area contributed by atoms with Crippen LogP contribution in [0, 0.1) is 0 Å². The van der Waals surface area contributed by atoms with Crippen LogP contribution in [0.3, 0.4) is 0 Å². The van der Waals surface area contributed by atoms with Crippen molar-refractivity contribution in [3.05, 3.63) is 200 Å². The van der Waals surface area contributed by atoms with Gasteiger partial charge in [0.15, 0.2) is 0 Å².